The first-order valence-electron chi connectivity index (χ1n) is 5.71. The van der Waals surface area contributed by atoms with Crippen LogP contribution >= 0.6 is 0 Å². The Morgan fingerprint density at radius 1 is 1.21 bits per heavy atom. The topological polar surface area (TPSA) is 74.6 Å². The van der Waals surface area contributed by atoms with E-state index in [9.17, 15) is 0 Å². The fraction of sp³-hybridized carbons (Fsp3) is 0.0714. The molecule has 0 bridgehead atoms. The standard InChI is InChI=1S/C14H10N4O/c1-19-12-6-5-11-14(17-12)18-13(16-11)10-4-2-3-9(7-10)8-15/h2-7H,1H3,(H,16,17,18). The molecule has 0 fully saturated rings. The Morgan fingerprint density at radius 2 is 2.11 bits per heavy atom. The summed E-state index contributed by atoms with van der Waals surface area (Å²) in [6.07, 6.45) is 0. The number of rotatable bonds is 2. The number of imidazole rings is 1. The van der Waals surface area contributed by atoms with Gasteiger partial charge in [-0.1, -0.05) is 12.1 Å². The van der Waals surface area contributed by atoms with E-state index in [-0.39, 0.29) is 0 Å². The van der Waals surface area contributed by atoms with E-state index >= 15 is 0 Å². The number of nitriles is 1. The van der Waals surface area contributed by atoms with Crippen LogP contribution in [-0.4, -0.2) is 22.1 Å². The highest BCUT2D eigenvalue weighted by Gasteiger charge is 2.07. The first kappa shape index (κ1) is 11.2. The molecule has 0 atom stereocenters. The van der Waals surface area contributed by atoms with Crippen molar-refractivity contribution < 1.29 is 4.74 Å². The second kappa shape index (κ2) is 4.42. The van der Waals surface area contributed by atoms with Crippen LogP contribution < -0.4 is 4.74 Å². The lowest BCUT2D eigenvalue weighted by atomic mass is 10.1. The van der Waals surface area contributed by atoms with Gasteiger partial charge in [0.2, 0.25) is 5.88 Å². The summed E-state index contributed by atoms with van der Waals surface area (Å²) in [6, 6.07) is 13.0. The largest absolute Gasteiger partial charge is 0.481 e. The lowest BCUT2D eigenvalue weighted by molar-refractivity contribution is 0.399. The number of pyridine rings is 1. The number of hydrogen-bond acceptors (Lipinski definition) is 4. The molecule has 0 amide bonds. The maximum Gasteiger partial charge on any atom is 0.215 e. The van der Waals surface area contributed by atoms with Crippen LogP contribution in [0.4, 0.5) is 0 Å². The number of benzene rings is 1. The summed E-state index contributed by atoms with van der Waals surface area (Å²) in [4.78, 5) is 11.8. The van der Waals surface area contributed by atoms with Crippen molar-refractivity contribution in [1.29, 1.82) is 5.26 Å². The Kier molecular flexibility index (Phi) is 2.62. The number of H-pyrrole nitrogens is 1. The number of ether oxygens (including phenoxy) is 1. The molecular formula is C14H10N4O. The molecule has 5 nitrogen and oxygen atoms in total. The molecule has 0 radical (unpaired) electrons. The molecule has 2 heterocycles. The smallest absolute Gasteiger partial charge is 0.215 e. The zero-order valence-electron chi connectivity index (χ0n) is 10.2. The molecule has 0 aliphatic heterocycles. The zero-order chi connectivity index (χ0) is 13.2. The van der Waals surface area contributed by atoms with Crippen molar-refractivity contribution >= 4 is 11.2 Å². The Hall–Kier alpha value is -2.87. The van der Waals surface area contributed by atoms with Gasteiger partial charge in [-0.05, 0) is 18.2 Å². The number of fused-ring (bicyclic) bond motifs is 1. The van der Waals surface area contributed by atoms with Crippen LogP contribution in [0, 0.1) is 11.3 Å². The Bertz CT molecular complexity index is 785. The highest BCUT2D eigenvalue weighted by atomic mass is 16.5. The summed E-state index contributed by atoms with van der Waals surface area (Å²) >= 11 is 0. The SMILES string of the molecule is COc1ccc2[nH]c(-c3cccc(C#N)c3)nc2n1. The van der Waals surface area contributed by atoms with Crippen molar-refractivity contribution in [1.82, 2.24) is 15.0 Å². The molecule has 0 unspecified atom stereocenters. The fourth-order valence-corrected chi connectivity index (χ4v) is 1.86. The highest BCUT2D eigenvalue weighted by molar-refractivity contribution is 5.76. The second-order valence-corrected chi connectivity index (χ2v) is 4.00. The number of methoxy groups -OCH3 is 1. The maximum absolute atomic E-state index is 8.91. The van der Waals surface area contributed by atoms with Crippen molar-refractivity contribution in [2.45, 2.75) is 0 Å². The summed E-state index contributed by atoms with van der Waals surface area (Å²) in [7, 11) is 1.57. The molecule has 5 heteroatoms. The summed E-state index contributed by atoms with van der Waals surface area (Å²) in [5.41, 5.74) is 2.88. The lowest BCUT2D eigenvalue weighted by Gasteiger charge is -1.95. The summed E-state index contributed by atoms with van der Waals surface area (Å²) in [5, 5.41) is 8.91. The van der Waals surface area contributed by atoms with Gasteiger partial charge in [0.1, 0.15) is 5.82 Å². The van der Waals surface area contributed by atoms with E-state index in [1.807, 2.05) is 18.2 Å². The van der Waals surface area contributed by atoms with Crippen LogP contribution in [0.15, 0.2) is 36.4 Å². The number of aromatic nitrogens is 3. The van der Waals surface area contributed by atoms with Crippen molar-refractivity contribution in [2.75, 3.05) is 7.11 Å². The van der Waals surface area contributed by atoms with E-state index in [2.05, 4.69) is 21.0 Å². The Balaban J connectivity index is 2.12. The van der Waals surface area contributed by atoms with Crippen LogP contribution in [0.3, 0.4) is 0 Å². The normalized spacial score (nSPS) is 10.3. The van der Waals surface area contributed by atoms with E-state index in [1.54, 1.807) is 25.3 Å². The predicted molar refractivity (Wildman–Crippen MR) is 70.6 cm³/mol. The number of nitrogens with one attached hydrogen (secondary N) is 1. The molecule has 19 heavy (non-hydrogen) atoms. The Morgan fingerprint density at radius 3 is 2.89 bits per heavy atom. The van der Waals surface area contributed by atoms with Gasteiger partial charge in [-0.2, -0.15) is 10.2 Å². The minimum absolute atomic E-state index is 0.524. The number of aromatic amines is 1. The summed E-state index contributed by atoms with van der Waals surface area (Å²) in [6.45, 7) is 0. The van der Waals surface area contributed by atoms with Crippen LogP contribution in [0.1, 0.15) is 5.56 Å². The first-order chi connectivity index (χ1) is 9.30. The molecule has 0 aliphatic rings. The van der Waals surface area contributed by atoms with Gasteiger partial charge in [0, 0.05) is 11.6 Å². The molecule has 2 aromatic heterocycles. The first-order valence-corrected chi connectivity index (χ1v) is 5.71. The van der Waals surface area contributed by atoms with Crippen LogP contribution in [0.25, 0.3) is 22.6 Å². The molecular weight excluding hydrogens is 240 g/mol. The fourth-order valence-electron chi connectivity index (χ4n) is 1.86. The van der Waals surface area contributed by atoms with E-state index in [0.717, 1.165) is 11.1 Å². The third kappa shape index (κ3) is 2.00. The molecule has 0 saturated carbocycles. The average molecular weight is 250 g/mol. The van der Waals surface area contributed by atoms with Gasteiger partial charge in [0.15, 0.2) is 5.65 Å². The number of hydrogen-bond donors (Lipinski definition) is 1. The van der Waals surface area contributed by atoms with Crippen LogP contribution in [0.5, 0.6) is 5.88 Å². The predicted octanol–water partition coefficient (Wildman–Crippen LogP) is 2.51. The number of nitrogens with zero attached hydrogens (tertiary/aromatic N) is 3. The van der Waals surface area contributed by atoms with Crippen molar-refractivity contribution in [3.05, 3.63) is 42.0 Å². The Labute approximate surface area is 109 Å². The van der Waals surface area contributed by atoms with Crippen molar-refractivity contribution in [3.63, 3.8) is 0 Å². The van der Waals surface area contributed by atoms with Gasteiger partial charge in [0.05, 0.1) is 24.3 Å². The quantitative estimate of drug-likeness (QED) is 0.758. The molecule has 1 aromatic carbocycles. The van der Waals surface area contributed by atoms with Crippen molar-refractivity contribution in [2.24, 2.45) is 0 Å². The van der Waals surface area contributed by atoms with Gasteiger partial charge in [-0.3, -0.25) is 0 Å². The molecule has 0 aliphatic carbocycles. The van der Waals surface area contributed by atoms with Crippen molar-refractivity contribution in [3.8, 4) is 23.3 Å². The van der Waals surface area contributed by atoms with Gasteiger partial charge >= 0.3 is 0 Å². The van der Waals surface area contributed by atoms with E-state index in [4.69, 9.17) is 10.00 Å². The molecule has 1 N–H and O–H groups in total. The lowest BCUT2D eigenvalue weighted by Crippen LogP contribution is -1.86. The van der Waals surface area contributed by atoms with Crippen LogP contribution in [-0.2, 0) is 0 Å². The van der Waals surface area contributed by atoms with E-state index in [0.29, 0.717) is 22.9 Å². The van der Waals surface area contributed by atoms with Gasteiger partial charge in [-0.25, -0.2) is 4.98 Å². The maximum atomic E-state index is 8.91. The van der Waals surface area contributed by atoms with Gasteiger partial charge in [0.25, 0.3) is 0 Å². The third-order valence-corrected chi connectivity index (χ3v) is 2.79. The monoisotopic (exact) mass is 250 g/mol. The molecule has 92 valence electrons. The molecule has 0 saturated heterocycles. The van der Waals surface area contributed by atoms with E-state index in [1.165, 1.54) is 0 Å². The molecule has 3 rings (SSSR count). The van der Waals surface area contributed by atoms with Gasteiger partial charge in [-0.15, -0.1) is 0 Å². The zero-order valence-corrected chi connectivity index (χ0v) is 10.2. The third-order valence-electron chi connectivity index (χ3n) is 2.79. The molecule has 0 spiro atoms. The van der Waals surface area contributed by atoms with E-state index < -0.39 is 0 Å². The second-order valence-electron chi connectivity index (χ2n) is 4.00. The minimum Gasteiger partial charge on any atom is -0.481 e. The summed E-state index contributed by atoms with van der Waals surface area (Å²) < 4.78 is 5.07. The molecule has 3 aromatic rings. The van der Waals surface area contributed by atoms with Crippen LogP contribution in [0.2, 0.25) is 0 Å². The summed E-state index contributed by atoms with van der Waals surface area (Å²) in [5.74, 6) is 1.21. The minimum atomic E-state index is 0.524. The van der Waals surface area contributed by atoms with Gasteiger partial charge < -0.3 is 9.72 Å². The highest BCUT2D eigenvalue weighted by Crippen LogP contribution is 2.21. The average Bonchev–Trinajstić information content (AvgIpc) is 2.90.